The van der Waals surface area contributed by atoms with Crippen molar-refractivity contribution >= 4 is 29.0 Å². The lowest BCUT2D eigenvalue weighted by Gasteiger charge is -2.33. The molecule has 138 valence electrons. The van der Waals surface area contributed by atoms with E-state index < -0.39 is 0 Å². The van der Waals surface area contributed by atoms with Gasteiger partial charge < -0.3 is 9.64 Å². The van der Waals surface area contributed by atoms with Gasteiger partial charge in [-0.15, -0.1) is 0 Å². The summed E-state index contributed by atoms with van der Waals surface area (Å²) in [5.74, 6) is 0.496. The van der Waals surface area contributed by atoms with Crippen molar-refractivity contribution in [1.29, 1.82) is 0 Å². The molecule has 2 amide bonds. The molecule has 0 aliphatic carbocycles. The number of benzene rings is 2. The van der Waals surface area contributed by atoms with E-state index in [0.29, 0.717) is 12.2 Å². The molecular weight excluding hydrogens is 344 g/mol. The van der Waals surface area contributed by atoms with Gasteiger partial charge in [0.05, 0.1) is 12.8 Å². The fourth-order valence-electron chi connectivity index (χ4n) is 3.36. The van der Waals surface area contributed by atoms with Crippen LogP contribution in [-0.2, 0) is 16.0 Å². The number of fused-ring (bicyclic) bond motifs is 1. The fourth-order valence-corrected chi connectivity index (χ4v) is 3.36. The van der Waals surface area contributed by atoms with Crippen molar-refractivity contribution in [3.63, 3.8) is 0 Å². The van der Waals surface area contributed by atoms with Crippen molar-refractivity contribution in [2.24, 2.45) is 4.99 Å². The van der Waals surface area contributed by atoms with Gasteiger partial charge in [-0.1, -0.05) is 18.2 Å². The van der Waals surface area contributed by atoms with Crippen molar-refractivity contribution in [2.45, 2.75) is 12.8 Å². The number of carbonyl (C=O) groups is 2. The SMILES string of the molecule is COc1ccc2c(c1)CCCN2C(=O)C1=NCC(=O)N(c2ccccc2)N1. The van der Waals surface area contributed by atoms with Gasteiger partial charge >= 0.3 is 0 Å². The van der Waals surface area contributed by atoms with Crippen LogP contribution in [0, 0.1) is 0 Å². The molecule has 27 heavy (non-hydrogen) atoms. The maximum Gasteiger partial charge on any atom is 0.295 e. The average Bonchev–Trinajstić information content (AvgIpc) is 2.73. The minimum atomic E-state index is -0.241. The van der Waals surface area contributed by atoms with E-state index >= 15 is 0 Å². The molecule has 7 heteroatoms. The zero-order valence-corrected chi connectivity index (χ0v) is 15.0. The molecule has 1 N–H and O–H groups in total. The van der Waals surface area contributed by atoms with Crippen molar-refractivity contribution in [2.75, 3.05) is 30.1 Å². The van der Waals surface area contributed by atoms with Gasteiger partial charge in [0.25, 0.3) is 11.8 Å². The number of hydrogen-bond acceptors (Lipinski definition) is 5. The summed E-state index contributed by atoms with van der Waals surface area (Å²) >= 11 is 0. The largest absolute Gasteiger partial charge is 0.497 e. The minimum absolute atomic E-state index is 0.0632. The Bertz CT molecular complexity index is 911. The third kappa shape index (κ3) is 3.23. The summed E-state index contributed by atoms with van der Waals surface area (Å²) in [6.07, 6.45) is 1.76. The molecule has 4 rings (SSSR count). The Balaban J connectivity index is 1.60. The van der Waals surface area contributed by atoms with Crippen molar-refractivity contribution in [1.82, 2.24) is 5.43 Å². The molecule has 2 aliphatic heterocycles. The van der Waals surface area contributed by atoms with Gasteiger partial charge in [0, 0.05) is 12.2 Å². The first-order valence-electron chi connectivity index (χ1n) is 8.85. The molecule has 0 saturated heterocycles. The van der Waals surface area contributed by atoms with E-state index in [0.717, 1.165) is 29.8 Å². The molecule has 0 saturated carbocycles. The maximum absolute atomic E-state index is 13.1. The summed E-state index contributed by atoms with van der Waals surface area (Å²) in [6.45, 7) is 0.546. The number of para-hydroxylation sites is 1. The molecule has 2 aliphatic rings. The van der Waals surface area contributed by atoms with Gasteiger partial charge in [-0.25, -0.2) is 5.01 Å². The Labute approximate surface area is 157 Å². The minimum Gasteiger partial charge on any atom is -0.497 e. The maximum atomic E-state index is 13.1. The van der Waals surface area contributed by atoms with E-state index in [1.165, 1.54) is 5.01 Å². The number of nitrogens with zero attached hydrogens (tertiary/aromatic N) is 3. The number of nitrogens with one attached hydrogen (secondary N) is 1. The lowest BCUT2D eigenvalue weighted by molar-refractivity contribution is -0.118. The number of hydrazine groups is 1. The van der Waals surface area contributed by atoms with Crippen LogP contribution in [-0.4, -0.2) is 37.8 Å². The highest BCUT2D eigenvalue weighted by atomic mass is 16.5. The van der Waals surface area contributed by atoms with Crippen LogP contribution in [0.4, 0.5) is 11.4 Å². The van der Waals surface area contributed by atoms with Gasteiger partial charge in [0.15, 0.2) is 0 Å². The number of methoxy groups -OCH3 is 1. The third-order valence-electron chi connectivity index (χ3n) is 4.71. The lowest BCUT2D eigenvalue weighted by atomic mass is 10.0. The second-order valence-corrected chi connectivity index (χ2v) is 6.40. The summed E-state index contributed by atoms with van der Waals surface area (Å²) in [5, 5.41) is 1.37. The molecule has 0 radical (unpaired) electrons. The molecule has 0 bridgehead atoms. The van der Waals surface area contributed by atoms with Crippen LogP contribution in [0.5, 0.6) is 5.75 Å². The highest BCUT2D eigenvalue weighted by Crippen LogP contribution is 2.30. The lowest BCUT2D eigenvalue weighted by Crippen LogP contribution is -2.57. The first-order chi connectivity index (χ1) is 13.2. The van der Waals surface area contributed by atoms with Crippen LogP contribution in [0.1, 0.15) is 12.0 Å². The summed E-state index contributed by atoms with van der Waals surface area (Å²) in [7, 11) is 1.63. The fraction of sp³-hybridized carbons (Fsp3) is 0.250. The predicted molar refractivity (Wildman–Crippen MR) is 103 cm³/mol. The predicted octanol–water partition coefficient (Wildman–Crippen LogP) is 1.92. The third-order valence-corrected chi connectivity index (χ3v) is 4.71. The Morgan fingerprint density at radius 3 is 2.78 bits per heavy atom. The molecule has 7 nitrogen and oxygen atoms in total. The molecule has 2 aromatic rings. The smallest absolute Gasteiger partial charge is 0.295 e. The van der Waals surface area contributed by atoms with Crippen molar-refractivity contribution in [3.05, 3.63) is 54.1 Å². The first-order valence-corrected chi connectivity index (χ1v) is 8.85. The molecule has 0 aromatic heterocycles. The van der Waals surface area contributed by atoms with E-state index in [4.69, 9.17) is 4.74 Å². The van der Waals surface area contributed by atoms with Crippen LogP contribution in [0.15, 0.2) is 53.5 Å². The van der Waals surface area contributed by atoms with E-state index in [9.17, 15) is 9.59 Å². The van der Waals surface area contributed by atoms with Gasteiger partial charge in [0.2, 0.25) is 5.84 Å². The molecular formula is C20H20N4O3. The normalized spacial score (nSPS) is 16.3. The number of ether oxygens (including phenoxy) is 1. The molecule has 2 aromatic carbocycles. The molecule has 2 heterocycles. The van der Waals surface area contributed by atoms with Gasteiger partial charge in [-0.05, 0) is 48.7 Å². The monoisotopic (exact) mass is 364 g/mol. The van der Waals surface area contributed by atoms with E-state index in [-0.39, 0.29) is 24.2 Å². The Hall–Kier alpha value is -3.35. The topological polar surface area (TPSA) is 74.2 Å². The summed E-state index contributed by atoms with van der Waals surface area (Å²) in [5.41, 5.74) is 5.49. The quantitative estimate of drug-likeness (QED) is 0.903. The van der Waals surface area contributed by atoms with Crippen LogP contribution in [0.2, 0.25) is 0 Å². The standard InChI is InChI=1S/C20H20N4O3/c1-27-16-9-10-17-14(12-16)6-5-11-23(17)20(26)19-21-13-18(25)24(22-19)15-7-3-2-4-8-15/h2-4,7-10,12H,5-6,11,13H2,1H3,(H,21,22). The zero-order chi connectivity index (χ0) is 18.8. The van der Waals surface area contributed by atoms with E-state index in [1.54, 1.807) is 24.1 Å². The Morgan fingerprint density at radius 2 is 2.00 bits per heavy atom. The van der Waals surface area contributed by atoms with Crippen LogP contribution < -0.4 is 20.1 Å². The van der Waals surface area contributed by atoms with Crippen molar-refractivity contribution < 1.29 is 14.3 Å². The van der Waals surface area contributed by atoms with E-state index in [1.807, 2.05) is 36.4 Å². The number of rotatable bonds is 3. The zero-order valence-electron chi connectivity index (χ0n) is 15.0. The number of anilines is 2. The van der Waals surface area contributed by atoms with Gasteiger partial charge in [0.1, 0.15) is 12.3 Å². The number of amides is 2. The summed E-state index contributed by atoms with van der Waals surface area (Å²) < 4.78 is 5.28. The molecule has 0 unspecified atom stereocenters. The van der Waals surface area contributed by atoms with Crippen LogP contribution in [0.3, 0.4) is 0 Å². The average molecular weight is 364 g/mol. The van der Waals surface area contributed by atoms with E-state index in [2.05, 4.69) is 10.4 Å². The van der Waals surface area contributed by atoms with Crippen LogP contribution in [0.25, 0.3) is 0 Å². The first kappa shape index (κ1) is 17.1. The highest BCUT2D eigenvalue weighted by Gasteiger charge is 2.31. The second kappa shape index (κ2) is 7.11. The molecule has 0 atom stereocenters. The number of aliphatic imine (C=N–C) groups is 1. The number of hydrogen-bond donors (Lipinski definition) is 1. The molecule has 0 fully saturated rings. The Morgan fingerprint density at radius 1 is 1.19 bits per heavy atom. The van der Waals surface area contributed by atoms with Crippen molar-refractivity contribution in [3.8, 4) is 5.75 Å². The van der Waals surface area contributed by atoms with Crippen LogP contribution >= 0.6 is 0 Å². The highest BCUT2D eigenvalue weighted by molar-refractivity contribution is 6.44. The second-order valence-electron chi connectivity index (χ2n) is 6.40. The summed E-state index contributed by atoms with van der Waals surface area (Å²) in [6, 6.07) is 14.9. The summed E-state index contributed by atoms with van der Waals surface area (Å²) in [4.78, 5) is 31.2. The number of amidine groups is 1. The number of aryl methyl sites for hydroxylation is 1. The Kier molecular flexibility index (Phi) is 4.50. The number of carbonyl (C=O) groups excluding carboxylic acids is 2. The molecule has 0 spiro atoms. The van der Waals surface area contributed by atoms with Gasteiger partial charge in [-0.3, -0.25) is 20.0 Å². The van der Waals surface area contributed by atoms with Gasteiger partial charge in [-0.2, -0.15) is 0 Å².